The molecule has 5 nitrogen and oxygen atoms in total. The molecule has 2 N–H and O–H groups in total. The third kappa shape index (κ3) is 2.50. The molecule has 0 bridgehead atoms. The molecule has 88 valence electrons. The first-order valence-corrected chi connectivity index (χ1v) is 6.58. The van der Waals surface area contributed by atoms with Gasteiger partial charge < -0.3 is 15.4 Å². The zero-order chi connectivity index (χ0) is 10.8. The van der Waals surface area contributed by atoms with Gasteiger partial charge in [-0.25, -0.2) is 4.98 Å². The monoisotopic (exact) mass is 240 g/mol. The molecule has 2 fully saturated rings. The molecule has 2 aliphatic rings. The summed E-state index contributed by atoms with van der Waals surface area (Å²) in [5.74, 6) is 1.67. The second-order valence-corrected chi connectivity index (χ2v) is 5.09. The lowest BCUT2D eigenvalue weighted by molar-refractivity contribution is 0.0806. The highest BCUT2D eigenvalue weighted by atomic mass is 32.1. The maximum Gasteiger partial charge on any atom is 0.202 e. The minimum Gasteiger partial charge on any atom is -0.378 e. The van der Waals surface area contributed by atoms with Gasteiger partial charge in [0, 0.05) is 36.6 Å². The predicted octanol–water partition coefficient (Wildman–Crippen LogP) is 0.816. The van der Waals surface area contributed by atoms with Crippen LogP contribution in [0.4, 0.5) is 5.13 Å². The molecule has 1 saturated carbocycles. The lowest BCUT2D eigenvalue weighted by Gasteiger charge is -2.23. The van der Waals surface area contributed by atoms with Crippen molar-refractivity contribution in [1.29, 1.82) is 0 Å². The molecule has 1 atom stereocenters. The van der Waals surface area contributed by atoms with Gasteiger partial charge in [0.15, 0.2) is 0 Å². The van der Waals surface area contributed by atoms with Crippen molar-refractivity contribution in [3.05, 3.63) is 5.82 Å². The minimum atomic E-state index is 0.391. The molecule has 0 spiro atoms. The van der Waals surface area contributed by atoms with E-state index in [2.05, 4.69) is 20.0 Å². The van der Waals surface area contributed by atoms with Crippen LogP contribution in [0, 0.1) is 0 Å². The van der Waals surface area contributed by atoms with Crippen LogP contribution in [-0.4, -0.2) is 41.7 Å². The highest BCUT2D eigenvalue weighted by Crippen LogP contribution is 2.39. The third-order valence-corrected chi connectivity index (χ3v) is 3.57. The first-order chi connectivity index (χ1) is 7.92. The van der Waals surface area contributed by atoms with Gasteiger partial charge in [0.25, 0.3) is 0 Å². The number of nitrogens with one attached hydrogen (secondary N) is 2. The van der Waals surface area contributed by atoms with Crippen molar-refractivity contribution in [2.24, 2.45) is 0 Å². The molecule has 0 amide bonds. The zero-order valence-electron chi connectivity index (χ0n) is 9.11. The van der Waals surface area contributed by atoms with Crippen LogP contribution in [0.15, 0.2) is 0 Å². The molecule has 1 aromatic rings. The molecule has 6 heteroatoms. The summed E-state index contributed by atoms with van der Waals surface area (Å²) < 4.78 is 9.75. The lowest BCUT2D eigenvalue weighted by Crippen LogP contribution is -2.45. The molecule has 1 aliphatic carbocycles. The van der Waals surface area contributed by atoms with E-state index in [1.165, 1.54) is 24.4 Å². The molecule has 1 aliphatic heterocycles. The first-order valence-electron chi connectivity index (χ1n) is 5.80. The van der Waals surface area contributed by atoms with Gasteiger partial charge in [-0.05, 0) is 12.8 Å². The van der Waals surface area contributed by atoms with E-state index >= 15 is 0 Å². The summed E-state index contributed by atoms with van der Waals surface area (Å²) in [7, 11) is 0. The van der Waals surface area contributed by atoms with Crippen molar-refractivity contribution in [2.45, 2.75) is 24.8 Å². The van der Waals surface area contributed by atoms with Crippen molar-refractivity contribution >= 4 is 16.7 Å². The number of hydrogen-bond acceptors (Lipinski definition) is 6. The minimum absolute atomic E-state index is 0.391. The normalized spacial score (nSPS) is 25.6. The van der Waals surface area contributed by atoms with Crippen molar-refractivity contribution in [1.82, 2.24) is 14.7 Å². The molecule has 1 saturated heterocycles. The molecule has 0 aromatic carbocycles. The number of nitrogens with zero attached hydrogens (tertiary/aromatic N) is 2. The van der Waals surface area contributed by atoms with Gasteiger partial charge in [0.05, 0.1) is 13.2 Å². The average molecular weight is 240 g/mol. The first kappa shape index (κ1) is 10.4. The van der Waals surface area contributed by atoms with Gasteiger partial charge in [-0.3, -0.25) is 0 Å². The van der Waals surface area contributed by atoms with Gasteiger partial charge in [-0.1, -0.05) is 0 Å². The van der Waals surface area contributed by atoms with E-state index in [9.17, 15) is 0 Å². The predicted molar refractivity (Wildman–Crippen MR) is 63.0 cm³/mol. The van der Waals surface area contributed by atoms with Crippen molar-refractivity contribution in [2.75, 3.05) is 31.6 Å². The summed E-state index contributed by atoms with van der Waals surface area (Å²) in [6.07, 6.45) is 2.52. The lowest BCUT2D eigenvalue weighted by atomic mass is 10.3. The van der Waals surface area contributed by atoms with E-state index in [0.29, 0.717) is 12.0 Å². The number of morpholine rings is 1. The van der Waals surface area contributed by atoms with E-state index < -0.39 is 0 Å². The van der Waals surface area contributed by atoms with Crippen LogP contribution < -0.4 is 10.6 Å². The largest absolute Gasteiger partial charge is 0.378 e. The number of aromatic nitrogens is 2. The van der Waals surface area contributed by atoms with Crippen LogP contribution in [0.25, 0.3) is 0 Å². The van der Waals surface area contributed by atoms with E-state index in [4.69, 9.17) is 4.74 Å². The fourth-order valence-electron chi connectivity index (χ4n) is 1.78. The molecule has 1 unspecified atom stereocenters. The van der Waals surface area contributed by atoms with Gasteiger partial charge in [-0.2, -0.15) is 4.37 Å². The van der Waals surface area contributed by atoms with Crippen molar-refractivity contribution in [3.63, 3.8) is 0 Å². The average Bonchev–Trinajstić information content (AvgIpc) is 3.08. The second-order valence-electron chi connectivity index (χ2n) is 4.34. The maximum atomic E-state index is 5.39. The number of ether oxygens (including phenoxy) is 1. The van der Waals surface area contributed by atoms with Crippen LogP contribution in [-0.2, 0) is 4.74 Å². The Morgan fingerprint density at radius 1 is 1.50 bits per heavy atom. The number of hydrogen-bond donors (Lipinski definition) is 2. The topological polar surface area (TPSA) is 59.1 Å². The Labute approximate surface area is 98.8 Å². The number of rotatable bonds is 4. The van der Waals surface area contributed by atoms with Crippen LogP contribution >= 0.6 is 11.5 Å². The molecule has 16 heavy (non-hydrogen) atoms. The Bertz CT molecular complexity index is 346. The fourth-order valence-corrected chi connectivity index (χ4v) is 2.43. The summed E-state index contributed by atoms with van der Waals surface area (Å²) in [5.41, 5.74) is 0. The van der Waals surface area contributed by atoms with Gasteiger partial charge >= 0.3 is 0 Å². The molecular weight excluding hydrogens is 224 g/mol. The molecule has 0 radical (unpaired) electrons. The van der Waals surface area contributed by atoms with Gasteiger partial charge in [0.2, 0.25) is 5.13 Å². The summed E-state index contributed by atoms with van der Waals surface area (Å²) in [6.45, 7) is 3.40. The standard InChI is InChI=1S/C10H16N4OS/c1-2-7(1)9-13-10(16-14-9)12-5-8-6-15-4-3-11-8/h7-8,11H,1-6H2,(H,12,13,14). The quantitative estimate of drug-likeness (QED) is 0.816. The highest BCUT2D eigenvalue weighted by molar-refractivity contribution is 7.09. The van der Waals surface area contributed by atoms with E-state index in [-0.39, 0.29) is 0 Å². The van der Waals surface area contributed by atoms with Gasteiger partial charge in [-0.15, -0.1) is 0 Å². The summed E-state index contributed by atoms with van der Waals surface area (Å²) in [4.78, 5) is 4.48. The smallest absolute Gasteiger partial charge is 0.202 e. The van der Waals surface area contributed by atoms with Crippen molar-refractivity contribution < 1.29 is 4.74 Å². The number of anilines is 1. The summed E-state index contributed by atoms with van der Waals surface area (Å²) in [6, 6.07) is 0.391. The molecule has 3 rings (SSSR count). The van der Waals surface area contributed by atoms with Crippen LogP contribution in [0.5, 0.6) is 0 Å². The van der Waals surface area contributed by atoms with E-state index in [0.717, 1.165) is 37.3 Å². The Balaban J connectivity index is 1.49. The summed E-state index contributed by atoms with van der Waals surface area (Å²) in [5, 5.41) is 7.66. The van der Waals surface area contributed by atoms with Crippen LogP contribution in [0.3, 0.4) is 0 Å². The second kappa shape index (κ2) is 4.65. The Kier molecular flexibility index (Phi) is 3.03. The molecular formula is C10H16N4OS. The Hall–Kier alpha value is -0.720. The maximum absolute atomic E-state index is 5.39. The third-order valence-electron chi connectivity index (χ3n) is 2.88. The van der Waals surface area contributed by atoms with E-state index in [1.54, 1.807) is 0 Å². The zero-order valence-corrected chi connectivity index (χ0v) is 9.92. The van der Waals surface area contributed by atoms with Crippen molar-refractivity contribution in [3.8, 4) is 0 Å². The Morgan fingerprint density at radius 3 is 3.19 bits per heavy atom. The SMILES string of the molecule is C1COCC(CNc2nc(C3CC3)ns2)N1. The molecule has 1 aromatic heterocycles. The van der Waals surface area contributed by atoms with Crippen LogP contribution in [0.1, 0.15) is 24.6 Å². The Morgan fingerprint density at radius 2 is 2.44 bits per heavy atom. The van der Waals surface area contributed by atoms with E-state index in [1.807, 2.05) is 0 Å². The molecule has 2 heterocycles. The van der Waals surface area contributed by atoms with Crippen LogP contribution in [0.2, 0.25) is 0 Å². The summed E-state index contributed by atoms with van der Waals surface area (Å²) >= 11 is 1.47. The fraction of sp³-hybridized carbons (Fsp3) is 0.800. The van der Waals surface area contributed by atoms with Gasteiger partial charge in [0.1, 0.15) is 5.82 Å². The highest BCUT2D eigenvalue weighted by Gasteiger charge is 2.27.